The molecule has 2 aromatic carbocycles. The second kappa shape index (κ2) is 8.65. The molecule has 1 atom stereocenters. The lowest BCUT2D eigenvalue weighted by molar-refractivity contribution is -0.121. The number of carbonyl (C=O) groups excluding carboxylic acids is 2. The van der Waals surface area contributed by atoms with Crippen LogP contribution in [0.15, 0.2) is 54.6 Å². The van der Waals surface area contributed by atoms with Crippen molar-refractivity contribution in [2.45, 2.75) is 45.6 Å². The summed E-state index contributed by atoms with van der Waals surface area (Å²) >= 11 is 0. The molecule has 138 valence electrons. The predicted molar refractivity (Wildman–Crippen MR) is 105 cm³/mol. The highest BCUT2D eigenvalue weighted by molar-refractivity contribution is 5.94. The maximum Gasteiger partial charge on any atom is 0.251 e. The molecule has 26 heavy (non-hydrogen) atoms. The number of amides is 2. The first-order valence-electron chi connectivity index (χ1n) is 9.00. The second-order valence-corrected chi connectivity index (χ2v) is 7.53. The van der Waals surface area contributed by atoms with E-state index in [1.54, 1.807) is 0 Å². The molecule has 2 N–H and O–H groups in total. The van der Waals surface area contributed by atoms with E-state index in [1.165, 1.54) is 5.56 Å². The molecule has 0 heterocycles. The van der Waals surface area contributed by atoms with Gasteiger partial charge in [-0.15, -0.1) is 0 Å². The van der Waals surface area contributed by atoms with E-state index in [1.807, 2.05) is 61.5 Å². The van der Waals surface area contributed by atoms with Gasteiger partial charge in [0.1, 0.15) is 0 Å². The molecule has 0 unspecified atom stereocenters. The summed E-state index contributed by atoms with van der Waals surface area (Å²) in [6.45, 7) is 8.67. The van der Waals surface area contributed by atoms with Gasteiger partial charge in [-0.1, -0.05) is 63.2 Å². The molecule has 0 radical (unpaired) electrons. The molecule has 0 aliphatic rings. The summed E-state index contributed by atoms with van der Waals surface area (Å²) in [5, 5.41) is 5.74. The number of nitrogens with one attached hydrogen (secondary N) is 2. The lowest BCUT2D eigenvalue weighted by Crippen LogP contribution is -2.32. The fraction of sp³-hybridized carbons (Fsp3) is 0.364. The van der Waals surface area contributed by atoms with Crippen LogP contribution in [-0.2, 0) is 10.2 Å². The summed E-state index contributed by atoms with van der Waals surface area (Å²) in [6.07, 6.45) is 0.253. The summed E-state index contributed by atoms with van der Waals surface area (Å²) in [5.41, 5.74) is 2.91. The molecule has 0 aromatic heterocycles. The van der Waals surface area contributed by atoms with Crippen LogP contribution in [0.2, 0.25) is 0 Å². The Morgan fingerprint density at radius 3 is 2.15 bits per heavy atom. The topological polar surface area (TPSA) is 58.2 Å². The molecule has 2 rings (SSSR count). The zero-order valence-corrected chi connectivity index (χ0v) is 16.0. The van der Waals surface area contributed by atoms with E-state index in [-0.39, 0.29) is 29.7 Å². The van der Waals surface area contributed by atoms with Crippen molar-refractivity contribution in [3.63, 3.8) is 0 Å². The fourth-order valence-corrected chi connectivity index (χ4v) is 2.65. The zero-order valence-electron chi connectivity index (χ0n) is 16.0. The number of carbonyl (C=O) groups is 2. The van der Waals surface area contributed by atoms with Gasteiger partial charge in [0.05, 0.1) is 6.04 Å². The van der Waals surface area contributed by atoms with Crippen molar-refractivity contribution in [1.29, 1.82) is 0 Å². The van der Waals surface area contributed by atoms with Crippen LogP contribution in [-0.4, -0.2) is 18.4 Å². The third-order valence-electron chi connectivity index (χ3n) is 4.33. The molecule has 0 saturated heterocycles. The van der Waals surface area contributed by atoms with Crippen LogP contribution in [0, 0.1) is 0 Å². The van der Waals surface area contributed by atoms with Gasteiger partial charge in [-0.25, -0.2) is 0 Å². The van der Waals surface area contributed by atoms with Gasteiger partial charge in [-0.05, 0) is 35.6 Å². The van der Waals surface area contributed by atoms with Crippen molar-refractivity contribution in [3.05, 3.63) is 71.3 Å². The van der Waals surface area contributed by atoms with Gasteiger partial charge in [0.2, 0.25) is 5.91 Å². The maximum absolute atomic E-state index is 12.2. The van der Waals surface area contributed by atoms with E-state index in [2.05, 4.69) is 31.4 Å². The average molecular weight is 352 g/mol. The lowest BCUT2D eigenvalue weighted by atomic mass is 9.87. The molecule has 0 spiro atoms. The Balaban J connectivity index is 1.78. The molecule has 0 fully saturated rings. The monoisotopic (exact) mass is 352 g/mol. The van der Waals surface area contributed by atoms with Crippen LogP contribution in [0.4, 0.5) is 0 Å². The van der Waals surface area contributed by atoms with Crippen molar-refractivity contribution in [3.8, 4) is 0 Å². The first-order valence-corrected chi connectivity index (χ1v) is 9.00. The number of rotatable bonds is 6. The van der Waals surface area contributed by atoms with E-state index in [0.717, 1.165) is 5.56 Å². The predicted octanol–water partition coefficient (Wildman–Crippen LogP) is 3.98. The molecule has 4 heteroatoms. The van der Waals surface area contributed by atoms with Crippen molar-refractivity contribution in [2.75, 3.05) is 6.54 Å². The van der Waals surface area contributed by atoms with Gasteiger partial charge >= 0.3 is 0 Å². The van der Waals surface area contributed by atoms with Crippen molar-refractivity contribution < 1.29 is 9.59 Å². The fourth-order valence-electron chi connectivity index (χ4n) is 2.65. The molecule has 4 nitrogen and oxygen atoms in total. The van der Waals surface area contributed by atoms with Crippen LogP contribution in [0.3, 0.4) is 0 Å². The highest BCUT2D eigenvalue weighted by Crippen LogP contribution is 2.22. The van der Waals surface area contributed by atoms with E-state index in [4.69, 9.17) is 0 Å². The molecular formula is C22H28N2O2. The molecule has 2 amide bonds. The number of hydrogen-bond donors (Lipinski definition) is 2. The minimum atomic E-state index is -0.158. The molecule has 0 bridgehead atoms. The third-order valence-corrected chi connectivity index (χ3v) is 4.33. The van der Waals surface area contributed by atoms with Gasteiger partial charge in [-0.2, -0.15) is 0 Å². The summed E-state index contributed by atoms with van der Waals surface area (Å²) in [7, 11) is 0. The van der Waals surface area contributed by atoms with E-state index >= 15 is 0 Å². The van der Waals surface area contributed by atoms with Crippen LogP contribution in [0.5, 0.6) is 0 Å². The largest absolute Gasteiger partial charge is 0.352 e. The highest BCUT2D eigenvalue weighted by Gasteiger charge is 2.14. The quantitative estimate of drug-likeness (QED) is 0.826. The van der Waals surface area contributed by atoms with Crippen LogP contribution in [0.1, 0.15) is 61.6 Å². The van der Waals surface area contributed by atoms with E-state index in [9.17, 15) is 9.59 Å². The second-order valence-electron chi connectivity index (χ2n) is 7.53. The Bertz CT molecular complexity index is 731. The van der Waals surface area contributed by atoms with Crippen LogP contribution >= 0.6 is 0 Å². The molecule has 2 aromatic rings. The van der Waals surface area contributed by atoms with Crippen molar-refractivity contribution in [2.24, 2.45) is 0 Å². The smallest absolute Gasteiger partial charge is 0.251 e. The van der Waals surface area contributed by atoms with Crippen LogP contribution in [0.25, 0.3) is 0 Å². The first-order chi connectivity index (χ1) is 12.3. The Morgan fingerprint density at radius 1 is 0.962 bits per heavy atom. The zero-order chi connectivity index (χ0) is 19.2. The Kier molecular flexibility index (Phi) is 6.56. The van der Waals surface area contributed by atoms with Gasteiger partial charge < -0.3 is 10.6 Å². The van der Waals surface area contributed by atoms with Crippen LogP contribution < -0.4 is 10.6 Å². The SMILES string of the molecule is C[C@@H](NC(=O)CCNC(=O)c1ccc(C(C)(C)C)cc1)c1ccccc1. The van der Waals surface area contributed by atoms with Gasteiger partial charge in [-0.3, -0.25) is 9.59 Å². The Labute approximate surface area is 156 Å². The highest BCUT2D eigenvalue weighted by atomic mass is 16.2. The standard InChI is InChI=1S/C22H28N2O2/c1-16(17-8-6-5-7-9-17)24-20(25)14-15-23-21(26)18-10-12-19(13-11-18)22(2,3)4/h5-13,16H,14-15H2,1-4H3,(H,23,26)(H,24,25)/t16-/m1/s1. The molecule has 0 aliphatic heterocycles. The Hall–Kier alpha value is -2.62. The summed E-state index contributed by atoms with van der Waals surface area (Å²) in [5.74, 6) is -0.237. The summed E-state index contributed by atoms with van der Waals surface area (Å²) < 4.78 is 0. The molecule has 0 saturated carbocycles. The van der Waals surface area contributed by atoms with E-state index in [0.29, 0.717) is 12.1 Å². The molecular weight excluding hydrogens is 324 g/mol. The summed E-state index contributed by atoms with van der Waals surface area (Å²) in [4.78, 5) is 24.2. The van der Waals surface area contributed by atoms with Gasteiger partial charge in [0.15, 0.2) is 0 Å². The lowest BCUT2D eigenvalue weighted by Gasteiger charge is -2.19. The normalized spacial score (nSPS) is 12.3. The third kappa shape index (κ3) is 5.73. The summed E-state index contributed by atoms with van der Waals surface area (Å²) in [6, 6.07) is 17.4. The minimum Gasteiger partial charge on any atom is -0.352 e. The van der Waals surface area contributed by atoms with Gasteiger partial charge in [0.25, 0.3) is 5.91 Å². The number of benzene rings is 2. The molecule has 0 aliphatic carbocycles. The van der Waals surface area contributed by atoms with Crippen molar-refractivity contribution in [1.82, 2.24) is 10.6 Å². The van der Waals surface area contributed by atoms with Gasteiger partial charge in [0, 0.05) is 18.5 Å². The first kappa shape index (κ1) is 19.7. The minimum absolute atomic E-state index is 0.0515. The van der Waals surface area contributed by atoms with Crippen molar-refractivity contribution >= 4 is 11.8 Å². The number of hydrogen-bond acceptors (Lipinski definition) is 2. The Morgan fingerprint density at radius 2 is 1.58 bits per heavy atom. The van der Waals surface area contributed by atoms with E-state index < -0.39 is 0 Å². The average Bonchev–Trinajstić information content (AvgIpc) is 2.61. The maximum atomic E-state index is 12.2.